The van der Waals surface area contributed by atoms with Crippen LogP contribution in [0.2, 0.25) is 0 Å². The molecule has 10 nitrogen and oxygen atoms in total. The average molecular weight is 1380 g/mol. The Bertz CT molecular complexity index is 3560. The number of nitrogens with two attached hydrogens (primary N) is 3. The first kappa shape index (κ1) is 78.1. The number of hydrogen-bond donors (Lipinski definition) is 6. The number of carbonyl (C=O) groups is 3. The molecule has 8 aromatic carbocycles. The molecule has 0 fully saturated rings. The van der Waals surface area contributed by atoms with E-state index in [0.29, 0.717) is 22.9 Å². The Morgan fingerprint density at radius 1 is 0.479 bits per heavy atom. The summed E-state index contributed by atoms with van der Waals surface area (Å²) < 4.78 is 12.8. The van der Waals surface area contributed by atoms with Crippen LogP contribution < -0.4 is 37.3 Å². The van der Waals surface area contributed by atoms with Gasteiger partial charge >= 0.3 is 0 Å². The second-order valence-electron chi connectivity index (χ2n) is 25.7. The predicted octanol–water partition coefficient (Wildman–Crippen LogP) is 21.7. The molecule has 0 aliphatic heterocycles. The van der Waals surface area contributed by atoms with Crippen LogP contribution in [0.25, 0.3) is 0 Å². The van der Waals surface area contributed by atoms with Crippen molar-refractivity contribution in [2.24, 2.45) is 23.7 Å². The van der Waals surface area contributed by atoms with E-state index in [1.807, 2.05) is 189 Å². The minimum atomic E-state index is -0.684. The second-order valence-corrected chi connectivity index (χ2v) is 31.0. The molecule has 502 valence electrons. The average Bonchev–Trinajstić information content (AvgIpc) is 0.842. The summed E-state index contributed by atoms with van der Waals surface area (Å²) in [6, 6.07) is 57.4. The number of aryl methyl sites for hydroxylation is 4. The number of nitrogens with one attached hydrogen (secondary N) is 2. The molecule has 0 aliphatic carbocycles. The van der Waals surface area contributed by atoms with Gasteiger partial charge < -0.3 is 37.3 Å². The lowest BCUT2D eigenvalue weighted by molar-refractivity contribution is -0.125. The third kappa shape index (κ3) is 23.9. The number of amides is 2. The Balaban J connectivity index is 0.000000317. The number of hydrogen-bond acceptors (Lipinski definition) is 13. The third-order valence-corrected chi connectivity index (χ3v) is 22.1. The maximum Gasteiger partial charge on any atom is 0.265 e. The predicted molar refractivity (Wildman–Crippen MR) is 410 cm³/mol. The van der Waals surface area contributed by atoms with Crippen molar-refractivity contribution in [3.63, 3.8) is 0 Å². The van der Waals surface area contributed by atoms with Crippen LogP contribution in [0.4, 0.5) is 28.4 Å². The summed E-state index contributed by atoms with van der Waals surface area (Å²) in [7, 11) is 6.29. The van der Waals surface area contributed by atoms with E-state index in [1.54, 1.807) is 21.6 Å². The normalized spacial score (nSPS) is 12.2. The molecule has 8 N–H and O–H groups in total. The summed E-state index contributed by atoms with van der Waals surface area (Å²) in [6.07, 6.45) is 1.43. The Morgan fingerprint density at radius 2 is 0.851 bits per heavy atom. The molecule has 3 unspecified atom stereocenters. The highest BCUT2D eigenvalue weighted by molar-refractivity contribution is 8.77. The number of ether oxygens (including phenoxy) is 2. The zero-order valence-corrected chi connectivity index (χ0v) is 62.5. The van der Waals surface area contributed by atoms with Crippen molar-refractivity contribution in [1.82, 2.24) is 0 Å². The lowest BCUT2D eigenvalue weighted by Crippen LogP contribution is -2.37. The first-order valence-electron chi connectivity index (χ1n) is 32.0. The number of nitrogen functional groups attached to an aromatic ring is 3. The van der Waals surface area contributed by atoms with Crippen molar-refractivity contribution in [1.29, 1.82) is 0 Å². The lowest BCUT2D eigenvalue weighted by Gasteiger charge is -2.26. The van der Waals surface area contributed by atoms with Crippen molar-refractivity contribution in [2.45, 2.75) is 178 Å². The number of thiol groups is 1. The van der Waals surface area contributed by atoms with Crippen LogP contribution in [0.3, 0.4) is 0 Å². The third-order valence-electron chi connectivity index (χ3n) is 16.5. The maximum atomic E-state index is 13.8. The monoisotopic (exact) mass is 1380 g/mol. The molecule has 0 bridgehead atoms. The van der Waals surface area contributed by atoms with Crippen molar-refractivity contribution in [3.05, 3.63) is 215 Å². The number of para-hydroxylation sites is 5. The van der Waals surface area contributed by atoms with Crippen LogP contribution in [-0.2, 0) is 31.6 Å². The summed E-state index contributed by atoms with van der Waals surface area (Å²) >= 11 is 9.71. The van der Waals surface area contributed by atoms with Crippen LogP contribution in [0.5, 0.6) is 11.5 Å². The molecule has 0 saturated carbocycles. The van der Waals surface area contributed by atoms with Gasteiger partial charge in [-0.3, -0.25) is 14.4 Å². The van der Waals surface area contributed by atoms with E-state index in [9.17, 15) is 14.4 Å². The number of carbonyl (C=O) groups excluding carboxylic acids is 3. The number of halogens is 1. The van der Waals surface area contributed by atoms with Gasteiger partial charge in [-0.1, -0.05) is 235 Å². The smallest absolute Gasteiger partial charge is 0.265 e. The molecule has 0 saturated heterocycles. The quantitative estimate of drug-likeness (QED) is 0.0147. The van der Waals surface area contributed by atoms with Gasteiger partial charge in [0.1, 0.15) is 11.5 Å². The van der Waals surface area contributed by atoms with Gasteiger partial charge in [-0.15, -0.1) is 12.6 Å². The molecule has 8 rings (SSSR count). The minimum Gasteiger partial charge on any atom is -0.480 e. The van der Waals surface area contributed by atoms with E-state index < -0.39 is 12.2 Å². The van der Waals surface area contributed by atoms with Crippen LogP contribution in [-0.4, -0.2) is 29.3 Å². The van der Waals surface area contributed by atoms with Gasteiger partial charge in [0, 0.05) is 47.5 Å². The highest BCUT2D eigenvalue weighted by Gasteiger charge is 2.29. The fraction of sp³-hybridized carbons (Fsp3) is 0.346. The molecule has 16 heteroatoms. The van der Waals surface area contributed by atoms with Gasteiger partial charge in [0.05, 0.1) is 11.4 Å². The van der Waals surface area contributed by atoms with E-state index in [-0.39, 0.29) is 51.6 Å². The van der Waals surface area contributed by atoms with Gasteiger partial charge in [0.25, 0.3) is 11.8 Å². The molecular weight excluding hydrogens is 1280 g/mol. The van der Waals surface area contributed by atoms with E-state index >= 15 is 0 Å². The summed E-state index contributed by atoms with van der Waals surface area (Å²) in [4.78, 5) is 43.6. The van der Waals surface area contributed by atoms with E-state index in [1.165, 1.54) is 49.4 Å². The molecular formula is C78H98ClN5O5S5. The number of benzene rings is 8. The fourth-order valence-electron chi connectivity index (χ4n) is 9.43. The summed E-state index contributed by atoms with van der Waals surface area (Å²) in [5, 5.41) is 6.06. The highest BCUT2D eigenvalue weighted by Crippen LogP contribution is 2.45. The van der Waals surface area contributed by atoms with Crippen molar-refractivity contribution < 1.29 is 23.9 Å². The van der Waals surface area contributed by atoms with Crippen molar-refractivity contribution >= 4 is 113 Å². The molecule has 0 heterocycles. The second kappa shape index (κ2) is 37.6. The van der Waals surface area contributed by atoms with Gasteiger partial charge in [0.15, 0.2) is 12.2 Å². The topological polar surface area (TPSA) is 172 Å². The fourth-order valence-corrected chi connectivity index (χ4v) is 14.4. The van der Waals surface area contributed by atoms with E-state index in [4.69, 9.17) is 38.3 Å². The van der Waals surface area contributed by atoms with Crippen molar-refractivity contribution in [2.75, 3.05) is 27.8 Å². The standard InChI is InChI=1S/C46H60N2O4S2.C14H19ClO.C12H12N2S2.C6H7NS/c1-13-45(9,10)33-23-25-37(31(7)27-33)51-41(29(3)4)43(49)47-35-19-15-17-21-39(35)53-54-40-22-18-16-20-36(40)48-44(50)42(30(5)6)52-38-26-24-34(28-32(38)8)46(11,12)14-2;1-9(2)13(14(15)16)8-12-6-5-10(3)7-11(12)4;13-9-5-1-3-7-11(9)15-16-12-8-4-2-6-10(12)14;7-5-3-1-2-4-6(5)8/h15-30,41-42H,13-14H2,1-12H3,(H,47,49)(H,48,50);5-7,9,13H,8H2,1-4H3;1-8H,13-14H2;1-4,8H,7H2. The van der Waals surface area contributed by atoms with Gasteiger partial charge in [0.2, 0.25) is 5.24 Å². The molecule has 0 radical (unpaired) electrons. The minimum absolute atomic E-state index is 0.0593. The highest BCUT2D eigenvalue weighted by atomic mass is 35.5. The molecule has 0 aliphatic rings. The largest absolute Gasteiger partial charge is 0.480 e. The Labute approximate surface area is 587 Å². The molecule has 0 aromatic heterocycles. The number of rotatable bonds is 24. The van der Waals surface area contributed by atoms with Crippen LogP contribution >= 0.6 is 67.4 Å². The molecule has 2 amide bonds. The van der Waals surface area contributed by atoms with Crippen molar-refractivity contribution in [3.8, 4) is 11.5 Å². The molecule has 94 heavy (non-hydrogen) atoms. The summed E-state index contributed by atoms with van der Waals surface area (Å²) in [5.74, 6) is 1.11. The van der Waals surface area contributed by atoms with E-state index in [2.05, 4.69) is 121 Å². The molecule has 8 aromatic rings. The molecule has 0 spiro atoms. The Hall–Kier alpha value is -6.59. The maximum absolute atomic E-state index is 13.8. The summed E-state index contributed by atoms with van der Waals surface area (Å²) in [5.41, 5.74) is 29.3. The lowest BCUT2D eigenvalue weighted by atomic mass is 9.81. The van der Waals surface area contributed by atoms with Gasteiger partial charge in [-0.2, -0.15) is 0 Å². The zero-order chi connectivity index (χ0) is 69.5. The first-order valence-corrected chi connectivity index (χ1v) is 37.1. The zero-order valence-electron chi connectivity index (χ0n) is 57.6. The van der Waals surface area contributed by atoms with Crippen LogP contribution in [0.15, 0.2) is 200 Å². The number of anilines is 5. The Morgan fingerprint density at radius 3 is 1.18 bits per heavy atom. The summed E-state index contributed by atoms with van der Waals surface area (Å²) in [6.45, 7) is 33.6. The van der Waals surface area contributed by atoms with Crippen LogP contribution in [0.1, 0.15) is 135 Å². The van der Waals surface area contributed by atoms with Gasteiger partial charge in [-0.05, 0) is 193 Å². The SMILES string of the molecule is CCC(C)(C)c1ccc(OC(C(=O)Nc2ccccc2SSc2ccccc2NC(=O)C(Oc2ccc(C(C)(C)CC)cc2C)C(C)C)C(C)C)c(C)c1.Cc1ccc(CC(C(=O)Cl)C(C)C)c(C)c1.Nc1ccccc1S.Nc1ccccc1SSc1ccccc1N. The van der Waals surface area contributed by atoms with Gasteiger partial charge in [-0.25, -0.2) is 0 Å². The first-order chi connectivity index (χ1) is 44.5. The molecule has 3 atom stereocenters. The Kier molecular flexibility index (Phi) is 31.3. The van der Waals surface area contributed by atoms with Crippen LogP contribution in [0, 0.1) is 51.4 Å². The van der Waals surface area contributed by atoms with E-state index in [0.717, 1.165) is 71.9 Å².